The van der Waals surface area contributed by atoms with E-state index in [1.165, 1.54) is 16.7 Å². The largest absolute Gasteiger partial charge is 0.488 e. The van der Waals surface area contributed by atoms with Crippen LogP contribution in [0.5, 0.6) is 5.75 Å². The Balaban J connectivity index is 1.70. The highest BCUT2D eigenvalue weighted by Crippen LogP contribution is 2.32. The van der Waals surface area contributed by atoms with Crippen molar-refractivity contribution in [3.8, 4) is 5.75 Å². The van der Waals surface area contributed by atoms with Crippen molar-refractivity contribution in [2.24, 2.45) is 4.99 Å². The third-order valence-electron chi connectivity index (χ3n) is 4.04. The second kappa shape index (κ2) is 8.78. The number of hydrogen-bond acceptors (Lipinski definition) is 5. The minimum absolute atomic E-state index is 0.0641. The molecule has 0 aromatic heterocycles. The van der Waals surface area contributed by atoms with Crippen LogP contribution in [0.3, 0.4) is 0 Å². The van der Waals surface area contributed by atoms with Gasteiger partial charge >= 0.3 is 5.97 Å². The van der Waals surface area contributed by atoms with E-state index in [0.717, 1.165) is 20.4 Å². The van der Waals surface area contributed by atoms with Crippen molar-refractivity contribution in [2.75, 3.05) is 14.1 Å². The van der Waals surface area contributed by atoms with Crippen LogP contribution in [0, 0.1) is 3.57 Å². The van der Waals surface area contributed by atoms with Gasteiger partial charge in [0.2, 0.25) is 0 Å². The molecule has 0 unspecified atom stereocenters. The minimum Gasteiger partial charge on any atom is -0.488 e. The first kappa shape index (κ1) is 20.4. The predicted octanol–water partition coefficient (Wildman–Crippen LogP) is 4.10. The lowest BCUT2D eigenvalue weighted by Gasteiger charge is -2.09. The maximum absolute atomic E-state index is 12.2. The van der Waals surface area contributed by atoms with E-state index in [0.29, 0.717) is 16.7 Å². The molecule has 1 heterocycles. The Morgan fingerprint density at radius 1 is 1.29 bits per heavy atom. The number of carbonyl (C=O) groups excluding carboxylic acids is 1. The van der Waals surface area contributed by atoms with Crippen LogP contribution in [0.15, 0.2) is 52.4 Å². The molecule has 0 saturated carbocycles. The maximum atomic E-state index is 12.2. The van der Waals surface area contributed by atoms with Gasteiger partial charge < -0.3 is 9.84 Å². The van der Waals surface area contributed by atoms with Crippen molar-refractivity contribution in [3.05, 3.63) is 67.6 Å². The summed E-state index contributed by atoms with van der Waals surface area (Å²) in [6.07, 6.45) is 1.85. The van der Waals surface area contributed by atoms with Crippen LogP contribution in [0.2, 0.25) is 0 Å². The van der Waals surface area contributed by atoms with Gasteiger partial charge in [0.1, 0.15) is 12.4 Å². The molecule has 0 radical (unpaired) electrons. The number of rotatable bonds is 5. The van der Waals surface area contributed by atoms with Gasteiger partial charge in [-0.2, -0.15) is 0 Å². The number of hydrogen-bond donors (Lipinski definition) is 1. The molecule has 0 bridgehead atoms. The van der Waals surface area contributed by atoms with Crippen LogP contribution in [0.25, 0.3) is 6.08 Å². The van der Waals surface area contributed by atoms with Crippen molar-refractivity contribution in [3.63, 3.8) is 0 Å². The Labute approximate surface area is 180 Å². The summed E-state index contributed by atoms with van der Waals surface area (Å²) in [5, 5.41) is 9.62. The van der Waals surface area contributed by atoms with E-state index in [2.05, 4.69) is 27.6 Å². The van der Waals surface area contributed by atoms with Gasteiger partial charge in [0.25, 0.3) is 5.91 Å². The van der Waals surface area contributed by atoms with Gasteiger partial charge in [-0.05, 0) is 75.8 Å². The monoisotopic (exact) mass is 508 g/mol. The van der Waals surface area contributed by atoms with E-state index in [-0.39, 0.29) is 11.5 Å². The smallest absolute Gasteiger partial charge is 0.335 e. The average Bonchev–Trinajstić information content (AvgIpc) is 2.95. The molecule has 0 aliphatic carbocycles. The zero-order chi connectivity index (χ0) is 20.3. The average molecular weight is 508 g/mol. The maximum Gasteiger partial charge on any atom is 0.335 e. The first-order valence-corrected chi connectivity index (χ1v) is 10.2. The highest BCUT2D eigenvalue weighted by Gasteiger charge is 2.29. The third-order valence-corrected chi connectivity index (χ3v) is 6.04. The summed E-state index contributed by atoms with van der Waals surface area (Å²) in [5.41, 5.74) is 2.04. The molecule has 0 atom stereocenters. The lowest BCUT2D eigenvalue weighted by molar-refractivity contribution is -0.121. The second-order valence-electron chi connectivity index (χ2n) is 5.96. The fourth-order valence-electron chi connectivity index (χ4n) is 2.53. The number of benzene rings is 2. The summed E-state index contributed by atoms with van der Waals surface area (Å²) >= 11 is 3.55. The van der Waals surface area contributed by atoms with Crippen LogP contribution >= 0.6 is 34.4 Å². The van der Waals surface area contributed by atoms with E-state index < -0.39 is 5.97 Å². The second-order valence-corrected chi connectivity index (χ2v) is 8.13. The fourth-order valence-corrected chi connectivity index (χ4v) is 4.15. The SMILES string of the molecule is CN=C1S/C(=C\c2ccc(OCc3ccc(C(=O)O)cc3)c(I)c2)C(=O)N1C. The quantitative estimate of drug-likeness (QED) is 0.486. The number of thioether (sulfide) groups is 1. The van der Waals surface area contributed by atoms with Gasteiger partial charge in [-0.1, -0.05) is 18.2 Å². The van der Waals surface area contributed by atoms with Gasteiger partial charge in [-0.25, -0.2) is 4.79 Å². The molecule has 2 aromatic carbocycles. The molecule has 1 fully saturated rings. The van der Waals surface area contributed by atoms with E-state index >= 15 is 0 Å². The van der Waals surface area contributed by atoms with E-state index in [1.54, 1.807) is 38.4 Å². The number of nitrogens with zero attached hydrogens (tertiary/aromatic N) is 2. The minimum atomic E-state index is -0.950. The molecule has 2 aromatic rings. The summed E-state index contributed by atoms with van der Waals surface area (Å²) < 4.78 is 6.76. The number of carboxylic acids is 1. The predicted molar refractivity (Wildman–Crippen MR) is 119 cm³/mol. The van der Waals surface area contributed by atoms with E-state index in [9.17, 15) is 9.59 Å². The number of carbonyl (C=O) groups is 2. The lowest BCUT2D eigenvalue weighted by Crippen LogP contribution is -2.23. The number of ether oxygens (including phenoxy) is 1. The first-order valence-electron chi connectivity index (χ1n) is 8.28. The Kier molecular flexibility index (Phi) is 6.40. The normalized spacial score (nSPS) is 16.8. The van der Waals surface area contributed by atoms with Gasteiger partial charge in [-0.15, -0.1) is 0 Å². The van der Waals surface area contributed by atoms with Crippen LogP contribution in [-0.4, -0.2) is 41.1 Å². The standard InChI is InChI=1S/C20H17IN2O4S/c1-22-20-23(2)18(24)17(28-20)10-13-5-8-16(15(21)9-13)27-11-12-3-6-14(7-4-12)19(25)26/h3-10H,11H2,1-2H3,(H,25,26)/b17-10-,22-20?. The molecule has 0 spiro atoms. The Morgan fingerprint density at radius 2 is 2.00 bits per heavy atom. The van der Waals surface area contributed by atoms with Crippen LogP contribution < -0.4 is 4.74 Å². The molecule has 28 heavy (non-hydrogen) atoms. The Bertz CT molecular complexity index is 986. The zero-order valence-electron chi connectivity index (χ0n) is 15.2. The number of amidine groups is 1. The lowest BCUT2D eigenvalue weighted by atomic mass is 10.1. The van der Waals surface area contributed by atoms with E-state index in [1.807, 2.05) is 24.3 Å². The van der Waals surface area contributed by atoms with Crippen molar-refractivity contribution in [2.45, 2.75) is 6.61 Å². The van der Waals surface area contributed by atoms with Gasteiger partial charge in [0.05, 0.1) is 14.0 Å². The fraction of sp³-hybridized carbons (Fsp3) is 0.150. The number of likely N-dealkylation sites (N-methyl/N-ethyl adjacent to an activating group) is 1. The number of carboxylic acid groups (broad SMARTS) is 1. The van der Waals surface area contributed by atoms with Gasteiger partial charge in [0, 0.05) is 14.1 Å². The molecular formula is C20H17IN2O4S. The van der Waals surface area contributed by atoms with Crippen molar-refractivity contribution in [1.82, 2.24) is 4.90 Å². The van der Waals surface area contributed by atoms with Gasteiger partial charge in [0.15, 0.2) is 5.17 Å². The third kappa shape index (κ3) is 4.56. The number of halogens is 1. The molecule has 1 amide bonds. The molecule has 1 saturated heterocycles. The first-order chi connectivity index (χ1) is 13.4. The molecule has 1 aliphatic rings. The topological polar surface area (TPSA) is 79.2 Å². The Morgan fingerprint density at radius 3 is 2.57 bits per heavy atom. The molecule has 1 N–H and O–H groups in total. The molecule has 6 nitrogen and oxygen atoms in total. The van der Waals surface area contributed by atoms with Gasteiger partial charge in [-0.3, -0.25) is 14.7 Å². The molecular weight excluding hydrogens is 491 g/mol. The van der Waals surface area contributed by atoms with Crippen LogP contribution in [0.1, 0.15) is 21.5 Å². The number of aliphatic imine (C=N–C) groups is 1. The molecule has 1 aliphatic heterocycles. The highest BCUT2D eigenvalue weighted by atomic mass is 127. The Hall–Kier alpha value is -2.33. The summed E-state index contributed by atoms with van der Waals surface area (Å²) in [5.74, 6) is -0.289. The van der Waals surface area contributed by atoms with E-state index in [4.69, 9.17) is 9.84 Å². The number of aromatic carboxylic acids is 1. The van der Waals surface area contributed by atoms with Crippen molar-refractivity contribution < 1.29 is 19.4 Å². The molecule has 3 rings (SSSR count). The van der Waals surface area contributed by atoms with Crippen molar-refractivity contribution in [1.29, 1.82) is 0 Å². The number of amides is 1. The van der Waals surface area contributed by atoms with Crippen molar-refractivity contribution >= 4 is 57.5 Å². The zero-order valence-corrected chi connectivity index (χ0v) is 18.2. The molecule has 144 valence electrons. The summed E-state index contributed by atoms with van der Waals surface area (Å²) in [6, 6.07) is 12.3. The van der Waals surface area contributed by atoms with Crippen LogP contribution in [0.4, 0.5) is 0 Å². The summed E-state index contributed by atoms with van der Waals surface area (Å²) in [7, 11) is 3.38. The summed E-state index contributed by atoms with van der Waals surface area (Å²) in [4.78, 5) is 29.4. The highest BCUT2D eigenvalue weighted by molar-refractivity contribution is 14.1. The summed E-state index contributed by atoms with van der Waals surface area (Å²) in [6.45, 7) is 0.339. The van der Waals surface area contributed by atoms with Crippen LogP contribution in [-0.2, 0) is 11.4 Å². The molecule has 8 heteroatoms.